The topological polar surface area (TPSA) is 63.3 Å². The van der Waals surface area contributed by atoms with Gasteiger partial charge in [0.05, 0.1) is 5.56 Å². The number of aromatic carboxylic acids is 1. The molecule has 0 spiro atoms. The van der Waals surface area contributed by atoms with Crippen molar-refractivity contribution in [1.29, 1.82) is 0 Å². The summed E-state index contributed by atoms with van der Waals surface area (Å²) in [6.07, 6.45) is 0. The first-order valence-electron chi connectivity index (χ1n) is 4.65. The molecule has 1 aromatic carbocycles. The highest BCUT2D eigenvalue weighted by molar-refractivity contribution is 14.1. The molecule has 1 N–H and O–H groups in total. The van der Waals surface area contributed by atoms with Crippen LogP contribution < -0.4 is 0 Å². The number of carboxylic acid groups (broad SMARTS) is 1. The summed E-state index contributed by atoms with van der Waals surface area (Å²) >= 11 is 5.56. The second-order valence-corrected chi connectivity index (χ2v) is 5.45. The molecule has 0 aliphatic rings. The van der Waals surface area contributed by atoms with E-state index in [9.17, 15) is 4.79 Å². The maximum absolute atomic E-state index is 10.9. The van der Waals surface area contributed by atoms with Gasteiger partial charge in [0.15, 0.2) is 5.69 Å². The Bertz CT molecular complexity index is 594. The lowest BCUT2D eigenvalue weighted by Crippen LogP contribution is -1.98. The summed E-state index contributed by atoms with van der Waals surface area (Å²) in [5, 5.41) is 8.91. The molecule has 17 heavy (non-hydrogen) atoms. The minimum atomic E-state index is -1.08. The number of carboxylic acids is 1. The molecule has 0 atom stereocenters. The van der Waals surface area contributed by atoms with Gasteiger partial charge in [-0.15, -0.1) is 0 Å². The van der Waals surface area contributed by atoms with Gasteiger partial charge in [-0.25, -0.2) is 9.78 Å². The lowest BCUT2D eigenvalue weighted by molar-refractivity contribution is 0.0689. The predicted octanol–water partition coefficient (Wildman–Crippen LogP) is 3.72. The summed E-state index contributed by atoms with van der Waals surface area (Å²) in [4.78, 5) is 14.9. The molecule has 6 heteroatoms. The summed E-state index contributed by atoms with van der Waals surface area (Å²) in [5.74, 6) is -0.470. The number of aryl methyl sites for hydroxylation is 1. The number of nitrogens with zero attached hydrogens (tertiary/aromatic N) is 1. The normalized spacial score (nSPS) is 10.5. The molecule has 0 aliphatic carbocycles. The molecule has 0 fully saturated rings. The fourth-order valence-corrected chi connectivity index (χ4v) is 2.28. The van der Waals surface area contributed by atoms with E-state index < -0.39 is 5.97 Å². The maximum atomic E-state index is 10.9. The van der Waals surface area contributed by atoms with Crippen molar-refractivity contribution in [2.45, 2.75) is 6.92 Å². The first kappa shape index (κ1) is 12.6. The third-order valence-electron chi connectivity index (χ3n) is 2.16. The fourth-order valence-electron chi connectivity index (χ4n) is 1.37. The van der Waals surface area contributed by atoms with Crippen molar-refractivity contribution in [3.8, 4) is 11.5 Å². The van der Waals surface area contributed by atoms with E-state index in [1.807, 2.05) is 18.2 Å². The molecule has 2 rings (SSSR count). The summed E-state index contributed by atoms with van der Waals surface area (Å²) in [7, 11) is 0. The van der Waals surface area contributed by atoms with E-state index in [1.54, 1.807) is 6.92 Å². The van der Waals surface area contributed by atoms with Crippen LogP contribution in [-0.4, -0.2) is 16.1 Å². The zero-order valence-electron chi connectivity index (χ0n) is 8.70. The highest BCUT2D eigenvalue weighted by atomic mass is 127. The van der Waals surface area contributed by atoms with Crippen molar-refractivity contribution in [3.63, 3.8) is 0 Å². The van der Waals surface area contributed by atoms with Crippen molar-refractivity contribution in [1.82, 2.24) is 4.98 Å². The molecule has 1 aromatic heterocycles. The van der Waals surface area contributed by atoms with Gasteiger partial charge in [-0.1, -0.05) is 0 Å². The third-order valence-corrected chi connectivity index (χ3v) is 3.52. The van der Waals surface area contributed by atoms with Crippen LogP contribution in [0.5, 0.6) is 0 Å². The fraction of sp³-hybridized carbons (Fsp3) is 0.0909. The van der Waals surface area contributed by atoms with Crippen LogP contribution in [0.25, 0.3) is 11.5 Å². The van der Waals surface area contributed by atoms with E-state index in [4.69, 9.17) is 9.52 Å². The van der Waals surface area contributed by atoms with Gasteiger partial charge in [-0.3, -0.25) is 0 Å². The summed E-state index contributed by atoms with van der Waals surface area (Å²) in [5.41, 5.74) is 0.693. The van der Waals surface area contributed by atoms with E-state index in [0.717, 1.165) is 13.6 Å². The quantitative estimate of drug-likeness (QED) is 0.770. The average molecular weight is 408 g/mol. The summed E-state index contributed by atoms with van der Waals surface area (Å²) in [6, 6.07) is 5.68. The zero-order chi connectivity index (χ0) is 12.6. The lowest BCUT2D eigenvalue weighted by atomic mass is 10.2. The van der Waals surface area contributed by atoms with E-state index in [0.29, 0.717) is 11.7 Å². The van der Waals surface area contributed by atoms with Gasteiger partial charge in [0, 0.05) is 8.04 Å². The second kappa shape index (κ2) is 4.77. The van der Waals surface area contributed by atoms with Crippen LogP contribution in [-0.2, 0) is 0 Å². The Morgan fingerprint density at radius 3 is 2.82 bits per heavy atom. The smallest absolute Gasteiger partial charge is 0.358 e. The number of benzene rings is 1. The van der Waals surface area contributed by atoms with Crippen molar-refractivity contribution < 1.29 is 14.3 Å². The molecule has 2 aromatic rings. The van der Waals surface area contributed by atoms with Crippen LogP contribution in [0.1, 0.15) is 16.2 Å². The van der Waals surface area contributed by atoms with Crippen LogP contribution in [0.4, 0.5) is 0 Å². The first-order valence-corrected chi connectivity index (χ1v) is 6.52. The minimum absolute atomic E-state index is 0.0502. The molecule has 0 saturated carbocycles. The van der Waals surface area contributed by atoms with Gasteiger partial charge in [0.1, 0.15) is 5.76 Å². The molecule has 0 unspecified atom stereocenters. The van der Waals surface area contributed by atoms with Gasteiger partial charge in [0.2, 0.25) is 5.89 Å². The van der Waals surface area contributed by atoms with Gasteiger partial charge in [-0.05, 0) is 63.6 Å². The van der Waals surface area contributed by atoms with Gasteiger partial charge in [-0.2, -0.15) is 0 Å². The molecule has 1 heterocycles. The van der Waals surface area contributed by atoms with Crippen molar-refractivity contribution in [2.24, 2.45) is 0 Å². The SMILES string of the molecule is Cc1oc(-c2cc(I)ccc2Br)nc1C(=O)O. The predicted molar refractivity (Wildman–Crippen MR) is 74.1 cm³/mol. The van der Waals surface area contributed by atoms with E-state index in [2.05, 4.69) is 43.5 Å². The van der Waals surface area contributed by atoms with Crippen LogP contribution in [0.3, 0.4) is 0 Å². The molecule has 0 radical (unpaired) electrons. The van der Waals surface area contributed by atoms with Gasteiger partial charge >= 0.3 is 5.97 Å². The molecular formula is C11H7BrINO3. The monoisotopic (exact) mass is 407 g/mol. The number of oxazole rings is 1. The minimum Gasteiger partial charge on any atom is -0.476 e. The highest BCUT2D eigenvalue weighted by Crippen LogP contribution is 2.30. The highest BCUT2D eigenvalue weighted by Gasteiger charge is 2.18. The standard InChI is InChI=1S/C11H7BrINO3/c1-5-9(11(15)16)14-10(17-5)7-4-6(13)2-3-8(7)12/h2-4H,1H3,(H,15,16). The van der Waals surface area contributed by atoms with Crippen molar-refractivity contribution >= 4 is 44.5 Å². The van der Waals surface area contributed by atoms with Crippen molar-refractivity contribution in [3.05, 3.63) is 37.7 Å². The number of hydrogen-bond donors (Lipinski definition) is 1. The van der Waals surface area contributed by atoms with Crippen LogP contribution >= 0.6 is 38.5 Å². The Labute approximate surface area is 119 Å². The third kappa shape index (κ3) is 2.52. The summed E-state index contributed by atoms with van der Waals surface area (Å²) < 4.78 is 7.21. The number of hydrogen-bond acceptors (Lipinski definition) is 3. The Hall–Kier alpha value is -0.890. The average Bonchev–Trinajstić information content (AvgIpc) is 2.64. The molecule has 4 nitrogen and oxygen atoms in total. The number of halogens is 2. The van der Waals surface area contributed by atoms with Crippen molar-refractivity contribution in [2.75, 3.05) is 0 Å². The molecule has 0 amide bonds. The van der Waals surface area contributed by atoms with Crippen LogP contribution in [0.15, 0.2) is 27.1 Å². The molecule has 88 valence electrons. The van der Waals surface area contributed by atoms with Gasteiger partial charge in [0.25, 0.3) is 0 Å². The van der Waals surface area contributed by atoms with E-state index >= 15 is 0 Å². The molecule has 0 aliphatic heterocycles. The molecular weight excluding hydrogens is 401 g/mol. The lowest BCUT2D eigenvalue weighted by Gasteiger charge is -1.99. The largest absolute Gasteiger partial charge is 0.476 e. The Kier molecular flexibility index (Phi) is 3.53. The number of aromatic nitrogens is 1. The second-order valence-electron chi connectivity index (χ2n) is 3.35. The van der Waals surface area contributed by atoms with Crippen LogP contribution in [0, 0.1) is 10.5 Å². The molecule has 0 saturated heterocycles. The maximum Gasteiger partial charge on any atom is 0.358 e. The summed E-state index contributed by atoms with van der Waals surface area (Å²) in [6.45, 7) is 1.59. The number of rotatable bonds is 2. The first-order chi connectivity index (χ1) is 7.99. The van der Waals surface area contributed by atoms with Gasteiger partial charge < -0.3 is 9.52 Å². The number of carbonyl (C=O) groups is 1. The molecule has 0 bridgehead atoms. The Morgan fingerprint density at radius 1 is 1.53 bits per heavy atom. The Balaban J connectivity index is 2.57. The van der Waals surface area contributed by atoms with E-state index in [-0.39, 0.29) is 5.69 Å². The van der Waals surface area contributed by atoms with Crippen LogP contribution in [0.2, 0.25) is 0 Å². The zero-order valence-corrected chi connectivity index (χ0v) is 12.4. The Morgan fingerprint density at radius 2 is 2.24 bits per heavy atom. The van der Waals surface area contributed by atoms with E-state index in [1.165, 1.54) is 0 Å².